The molecule has 3 aromatic rings. The van der Waals surface area contributed by atoms with Crippen molar-refractivity contribution >= 4 is 114 Å². The fourth-order valence-electron chi connectivity index (χ4n) is 9.16. The number of carboxylic acids is 6. The molecule has 3 heterocycles. The second-order valence-electron chi connectivity index (χ2n) is 19.9. The van der Waals surface area contributed by atoms with Crippen LogP contribution in [0.15, 0.2) is 42.5 Å². The molecule has 2 aliphatic rings. The van der Waals surface area contributed by atoms with Crippen molar-refractivity contribution in [3.05, 3.63) is 59.4 Å². The van der Waals surface area contributed by atoms with E-state index in [4.69, 9.17) is 4.74 Å². The zero-order chi connectivity index (χ0) is 60.8. The molecule has 1 aromatic heterocycles. The van der Waals surface area contributed by atoms with Crippen molar-refractivity contribution in [1.29, 1.82) is 0 Å². The normalized spacial score (nSPS) is 16.3. The molecule has 2 aromatic carbocycles. The summed E-state index contributed by atoms with van der Waals surface area (Å²) < 4.78 is 5.36. The summed E-state index contributed by atoms with van der Waals surface area (Å²) in [7, 11) is 1.58. The Balaban J connectivity index is 0.0000151. The van der Waals surface area contributed by atoms with Gasteiger partial charge in [-0.2, -0.15) is 0 Å². The largest absolute Gasteiger partial charge is 0.481 e. The van der Waals surface area contributed by atoms with Crippen LogP contribution in [0.4, 0.5) is 5.69 Å². The van der Waals surface area contributed by atoms with Crippen LogP contribution >= 0.6 is 0 Å². The van der Waals surface area contributed by atoms with Crippen LogP contribution in [-0.4, -0.2) is 291 Å². The van der Waals surface area contributed by atoms with Crippen LogP contribution in [-0.2, 0) is 70.6 Å². The first-order chi connectivity index (χ1) is 39.4. The van der Waals surface area contributed by atoms with Crippen molar-refractivity contribution in [1.82, 2.24) is 55.3 Å². The monoisotopic (exact) mass is 1280 g/mol. The number of aromatic nitrogens is 2. The predicted octanol–water partition coefficient (Wildman–Crippen LogP) is -2.72. The van der Waals surface area contributed by atoms with Crippen LogP contribution in [0.3, 0.4) is 0 Å². The van der Waals surface area contributed by atoms with E-state index in [0.29, 0.717) is 17.1 Å². The van der Waals surface area contributed by atoms with Gasteiger partial charge in [-0.15, -0.1) is 0 Å². The molecule has 0 saturated carbocycles. The molecule has 0 spiro atoms. The smallest absolute Gasteiger partial charge is 0.323 e. The first-order valence-corrected chi connectivity index (χ1v) is 26.5. The number of aliphatic carboxylic acids is 6. The maximum absolute atomic E-state index is 13.8. The Hall–Kier alpha value is -7.94. The van der Waals surface area contributed by atoms with Crippen molar-refractivity contribution in [2.45, 2.75) is 69.7 Å². The van der Waals surface area contributed by atoms with E-state index in [1.54, 1.807) is 22.9 Å². The Morgan fingerprint density at radius 2 is 1.20 bits per heavy atom. The number of carbonyl (C=O) groups is 12. The molecule has 5 amide bonds. The van der Waals surface area contributed by atoms with Gasteiger partial charge in [-0.25, -0.2) is 4.98 Å². The number of benzene rings is 2. The number of nitrogens with one attached hydrogen (secondary N) is 5. The van der Waals surface area contributed by atoms with Gasteiger partial charge in [-0.3, -0.25) is 77.1 Å². The maximum Gasteiger partial charge on any atom is 0.323 e. The molecular weight excluding hydrogens is 1210 g/mol. The second-order valence-corrected chi connectivity index (χ2v) is 19.9. The summed E-state index contributed by atoms with van der Waals surface area (Å²) >= 11 is 0. The van der Waals surface area contributed by atoms with Gasteiger partial charge in [0.25, 0.3) is 5.91 Å². The van der Waals surface area contributed by atoms with Gasteiger partial charge in [0.05, 0.1) is 56.8 Å². The Bertz CT molecular complexity index is 2790. The summed E-state index contributed by atoms with van der Waals surface area (Å²) in [4.78, 5) is 168. The maximum atomic E-state index is 13.8. The molecule has 32 heteroatoms. The molecule has 84 heavy (non-hydrogen) atoms. The number of para-hydroxylation sites is 2. The Morgan fingerprint density at radius 1 is 0.679 bits per heavy atom. The molecule has 11 N–H and O–H groups in total. The Labute approximate surface area is 499 Å². The summed E-state index contributed by atoms with van der Waals surface area (Å²) in [5.74, 6) is -11.7. The molecule has 3 unspecified atom stereocenters. The van der Waals surface area contributed by atoms with Gasteiger partial charge >= 0.3 is 41.8 Å². The van der Waals surface area contributed by atoms with E-state index in [0.717, 1.165) is 15.9 Å². The number of esters is 1. The number of ether oxygens (including phenoxy) is 1. The van der Waals surface area contributed by atoms with Gasteiger partial charge in [0.2, 0.25) is 23.6 Å². The number of rotatable bonds is 29. The zero-order valence-corrected chi connectivity index (χ0v) is 49.5. The number of hydrogen-bond donors (Lipinski definition) is 11. The number of nitrogens with zero attached hydrogens (tertiary/aromatic N) is 7. The minimum absolute atomic E-state index is 0. The molecule has 3 radical (unpaired) electrons. The Morgan fingerprint density at radius 3 is 1.73 bits per heavy atom. The molecule has 3 atom stereocenters. The van der Waals surface area contributed by atoms with Crippen molar-refractivity contribution in [2.24, 2.45) is 0 Å². The molecule has 2 aliphatic heterocycles. The average molecular weight is 1280 g/mol. The van der Waals surface area contributed by atoms with Gasteiger partial charge in [0.15, 0.2) is 0 Å². The number of carbonyl (C=O) groups excluding carboxylic acids is 6. The van der Waals surface area contributed by atoms with E-state index < -0.39 is 148 Å². The number of amides is 5. The molecule has 31 nitrogen and oxygen atoms in total. The van der Waals surface area contributed by atoms with Gasteiger partial charge < -0.3 is 71.4 Å². The fourth-order valence-corrected chi connectivity index (χ4v) is 9.16. The summed E-state index contributed by atoms with van der Waals surface area (Å²) in [5.41, 5.74) is 2.51. The quantitative estimate of drug-likeness (QED) is 0.0248. The minimum Gasteiger partial charge on any atom is -0.481 e. The Kier molecular flexibility index (Phi) is 27.7. The first-order valence-electron chi connectivity index (χ1n) is 26.5. The van der Waals surface area contributed by atoms with Crippen LogP contribution in [0.1, 0.15) is 60.3 Å². The standard InChI is InChI=1S/C52H70N12O19.In/c1-59(26-40-55-34-5-2-3-6-35(34)56-40)51(81)32-7-8-33-25-64(31-47(76)77)52(82)39(54-38(33)23-32)24-48(78)83-22-4-13-53-49(79)36(9-11-42(66)67)58-50(80)37(10-12-43(68)69)57-41(65)27-60-14-16-61(28-44(70)71)18-20-63(30-46(74)75)21-19-62(17-15-60)29-45(72)73;/h2-3,5-8,23,36-37,39,54H,4,9-22,24-31H2,1H3,(H,53,79)(H,55,56)(H,57,65)(H,58,80)(H,66,67)(H,68,69)(H,70,71)(H,72,73)(H,74,75)(H,76,77);/i;1-4. The number of hydrogen-bond acceptors (Lipinski definition) is 19. The van der Waals surface area contributed by atoms with E-state index >= 15 is 0 Å². The summed E-state index contributed by atoms with van der Waals surface area (Å²) in [6.45, 7) is -2.26. The number of fused-ring (bicyclic) bond motifs is 2. The zero-order valence-electron chi connectivity index (χ0n) is 46.2. The SMILES string of the molecule is CN(Cc1nc2ccccc2[nH]1)C(=O)c1ccc2c(c1)NC(CC(=O)OCCCNC(=O)C(CCC(=O)O)NC(=O)C(CCC(=O)O)NC(=O)CN1CCN(CC(=O)O)CCN(CC(=O)O)CCN(CC(=O)O)CC1)C(=O)N(CC(=O)O)C2.[111In]. The van der Waals surface area contributed by atoms with Crippen molar-refractivity contribution in [2.75, 3.05) is 111 Å². The number of aromatic amines is 1. The molecule has 5 rings (SSSR count). The number of H-pyrrole nitrogens is 1. The van der Waals surface area contributed by atoms with Gasteiger partial charge in [-0.05, 0) is 49.1 Å². The third kappa shape index (κ3) is 23.4. The van der Waals surface area contributed by atoms with Crippen LogP contribution in [0.5, 0.6) is 0 Å². The van der Waals surface area contributed by atoms with E-state index in [9.17, 15) is 88.2 Å². The minimum atomic E-state index is -1.58. The van der Waals surface area contributed by atoms with Crippen LogP contribution in [0, 0.1) is 0 Å². The molecule has 0 aliphatic carbocycles. The summed E-state index contributed by atoms with van der Waals surface area (Å²) in [5, 5.41) is 67.5. The molecule has 455 valence electrons. The van der Waals surface area contributed by atoms with Crippen LogP contribution < -0.4 is 21.3 Å². The topological polar surface area (TPSA) is 432 Å². The van der Waals surface area contributed by atoms with Crippen molar-refractivity contribution in [3.8, 4) is 0 Å². The molecule has 1 fully saturated rings. The first kappa shape index (κ1) is 68.6. The van der Waals surface area contributed by atoms with Gasteiger partial charge in [0, 0.05) is 122 Å². The third-order valence-electron chi connectivity index (χ3n) is 13.4. The third-order valence-corrected chi connectivity index (χ3v) is 13.4. The fraction of sp³-hybridized carbons (Fsp3) is 0.519. The van der Waals surface area contributed by atoms with Crippen molar-refractivity contribution < 1.29 is 92.9 Å². The van der Waals surface area contributed by atoms with Crippen LogP contribution in [0.2, 0.25) is 0 Å². The second kappa shape index (κ2) is 34.0. The summed E-state index contributed by atoms with van der Waals surface area (Å²) in [6, 6.07) is 7.52. The number of carboxylic acid groups (broad SMARTS) is 6. The number of anilines is 1. The average Bonchev–Trinajstić information content (AvgIpc) is 3.99. The molecular formula is C52H70InN12O19. The van der Waals surface area contributed by atoms with E-state index in [2.05, 4.69) is 31.2 Å². The summed E-state index contributed by atoms with van der Waals surface area (Å²) in [6.07, 6.45) is -2.81. The van der Waals surface area contributed by atoms with E-state index in [1.807, 2.05) is 24.3 Å². The van der Waals surface area contributed by atoms with Gasteiger partial charge in [-0.1, -0.05) is 18.2 Å². The molecule has 0 bridgehead atoms. The van der Waals surface area contributed by atoms with Crippen LogP contribution in [0.25, 0.3) is 11.0 Å². The van der Waals surface area contributed by atoms with Crippen molar-refractivity contribution in [3.63, 3.8) is 0 Å². The van der Waals surface area contributed by atoms with Gasteiger partial charge in [0.1, 0.15) is 30.5 Å². The van der Waals surface area contributed by atoms with E-state index in [-0.39, 0.29) is 123 Å². The predicted molar refractivity (Wildman–Crippen MR) is 294 cm³/mol. The number of imidazole rings is 1. The molecule has 1 saturated heterocycles. The van der Waals surface area contributed by atoms with E-state index in [1.165, 1.54) is 26.8 Å².